The summed E-state index contributed by atoms with van der Waals surface area (Å²) in [6, 6.07) is 26.5. The SMILES string of the molecule is O=C(O)C(CSc1nc(C(c2ccccc2)c2ccccc2)c[nH]1)Oc1cccc2c1CCCC2. The number of carboxylic acids is 1. The van der Waals surface area contributed by atoms with Gasteiger partial charge in [-0.1, -0.05) is 84.6 Å². The minimum atomic E-state index is -0.968. The van der Waals surface area contributed by atoms with Crippen molar-refractivity contribution in [2.24, 2.45) is 0 Å². The van der Waals surface area contributed by atoms with E-state index in [4.69, 9.17) is 9.72 Å². The smallest absolute Gasteiger partial charge is 0.345 e. The van der Waals surface area contributed by atoms with Crippen LogP contribution in [0.1, 0.15) is 46.7 Å². The Hall–Kier alpha value is -3.51. The van der Waals surface area contributed by atoms with E-state index in [9.17, 15) is 9.90 Å². The van der Waals surface area contributed by atoms with Crippen molar-refractivity contribution < 1.29 is 14.6 Å². The lowest BCUT2D eigenvalue weighted by Gasteiger charge is -2.22. The molecule has 0 spiro atoms. The first kappa shape index (κ1) is 23.2. The van der Waals surface area contributed by atoms with E-state index in [0.717, 1.165) is 41.6 Å². The van der Waals surface area contributed by atoms with Crippen LogP contribution in [0, 0.1) is 0 Å². The molecule has 0 amide bonds. The highest BCUT2D eigenvalue weighted by atomic mass is 32.2. The standard InChI is InChI=1S/C29H28N2O3S/c32-28(33)26(34-25-17-9-15-20-10-7-8-16-23(20)25)19-35-29-30-18-24(31-29)27(21-11-3-1-4-12-21)22-13-5-2-6-14-22/h1-6,9,11-15,17-18,26-27H,7-8,10,16,19H2,(H,30,31)(H,32,33). The molecule has 4 aromatic rings. The lowest BCUT2D eigenvalue weighted by molar-refractivity contribution is -0.143. The maximum atomic E-state index is 12.0. The maximum Gasteiger partial charge on any atom is 0.345 e. The average molecular weight is 485 g/mol. The highest BCUT2D eigenvalue weighted by Crippen LogP contribution is 2.33. The second-order valence-electron chi connectivity index (χ2n) is 8.74. The highest BCUT2D eigenvalue weighted by molar-refractivity contribution is 7.99. The summed E-state index contributed by atoms with van der Waals surface area (Å²) in [6.07, 6.45) is 5.20. The first-order valence-electron chi connectivity index (χ1n) is 12.0. The van der Waals surface area contributed by atoms with Crippen molar-refractivity contribution in [2.75, 3.05) is 5.75 Å². The quantitative estimate of drug-likeness (QED) is 0.281. The zero-order valence-corrected chi connectivity index (χ0v) is 20.2. The number of nitrogens with zero attached hydrogens (tertiary/aromatic N) is 1. The van der Waals surface area contributed by atoms with Crippen molar-refractivity contribution in [1.29, 1.82) is 0 Å². The van der Waals surface area contributed by atoms with Crippen molar-refractivity contribution >= 4 is 17.7 Å². The van der Waals surface area contributed by atoms with Gasteiger partial charge in [-0.2, -0.15) is 0 Å². The predicted octanol–water partition coefficient (Wildman–Crippen LogP) is 6.09. The van der Waals surface area contributed by atoms with Crippen LogP contribution in [-0.2, 0) is 17.6 Å². The topological polar surface area (TPSA) is 75.2 Å². The lowest BCUT2D eigenvalue weighted by Crippen LogP contribution is -2.30. The summed E-state index contributed by atoms with van der Waals surface area (Å²) >= 11 is 1.37. The molecule has 1 aliphatic rings. The Labute approximate surface area is 209 Å². The second kappa shape index (κ2) is 10.8. The number of aromatic amines is 1. The summed E-state index contributed by atoms with van der Waals surface area (Å²) in [6.45, 7) is 0. The summed E-state index contributed by atoms with van der Waals surface area (Å²) in [5, 5.41) is 10.5. The number of aromatic nitrogens is 2. The number of hydrogen-bond acceptors (Lipinski definition) is 4. The van der Waals surface area contributed by atoms with Crippen LogP contribution in [0.4, 0.5) is 0 Å². The Morgan fingerprint density at radius 2 is 1.63 bits per heavy atom. The number of fused-ring (bicyclic) bond motifs is 1. The molecule has 0 aliphatic heterocycles. The van der Waals surface area contributed by atoms with Crippen LogP contribution in [-0.4, -0.2) is 32.9 Å². The summed E-state index contributed by atoms with van der Waals surface area (Å²) < 4.78 is 6.03. The molecular weight excluding hydrogens is 456 g/mol. The number of imidazole rings is 1. The normalized spacial score (nSPS) is 13.9. The first-order chi connectivity index (χ1) is 17.2. The van der Waals surface area contributed by atoms with E-state index in [0.29, 0.717) is 10.9 Å². The van der Waals surface area contributed by atoms with Crippen LogP contribution in [0.5, 0.6) is 5.75 Å². The van der Waals surface area contributed by atoms with E-state index in [1.165, 1.54) is 23.7 Å². The van der Waals surface area contributed by atoms with Gasteiger partial charge in [0.1, 0.15) is 5.75 Å². The number of hydrogen-bond donors (Lipinski definition) is 2. The largest absolute Gasteiger partial charge is 0.478 e. The molecule has 5 rings (SSSR count). The van der Waals surface area contributed by atoms with Crippen molar-refractivity contribution in [2.45, 2.75) is 42.9 Å². The minimum Gasteiger partial charge on any atom is -0.478 e. The Kier molecular flexibility index (Phi) is 7.19. The molecule has 178 valence electrons. The molecule has 1 heterocycles. The molecule has 1 atom stereocenters. The number of aryl methyl sites for hydroxylation is 1. The third-order valence-corrected chi connectivity index (χ3v) is 7.36. The number of nitrogens with one attached hydrogen (secondary N) is 1. The second-order valence-corrected chi connectivity index (χ2v) is 9.75. The Bertz CT molecular complexity index is 1230. The fraction of sp³-hybridized carbons (Fsp3) is 0.241. The summed E-state index contributed by atoms with van der Waals surface area (Å²) in [7, 11) is 0. The number of thioether (sulfide) groups is 1. The predicted molar refractivity (Wildman–Crippen MR) is 138 cm³/mol. The summed E-state index contributed by atoms with van der Waals surface area (Å²) in [4.78, 5) is 20.1. The Morgan fingerprint density at radius 3 is 2.31 bits per heavy atom. The number of aliphatic carboxylic acids is 1. The fourth-order valence-corrected chi connectivity index (χ4v) is 5.52. The van der Waals surface area contributed by atoms with Gasteiger partial charge >= 0.3 is 5.97 Å². The van der Waals surface area contributed by atoms with Gasteiger partial charge in [-0.3, -0.25) is 0 Å². The molecule has 1 unspecified atom stereocenters. The number of carboxylic acid groups (broad SMARTS) is 1. The van der Waals surface area contributed by atoms with Gasteiger partial charge in [-0.15, -0.1) is 0 Å². The molecular formula is C29H28N2O3S. The molecule has 0 saturated carbocycles. The van der Waals surface area contributed by atoms with Crippen LogP contribution >= 0.6 is 11.8 Å². The monoisotopic (exact) mass is 484 g/mol. The molecule has 0 saturated heterocycles. The molecule has 5 nitrogen and oxygen atoms in total. The van der Waals surface area contributed by atoms with Gasteiger partial charge in [0.15, 0.2) is 5.16 Å². The number of carbonyl (C=O) groups is 1. The molecule has 6 heteroatoms. The van der Waals surface area contributed by atoms with Gasteiger partial charge in [-0.25, -0.2) is 9.78 Å². The van der Waals surface area contributed by atoms with Gasteiger partial charge < -0.3 is 14.8 Å². The fourth-order valence-electron chi connectivity index (χ4n) is 4.68. The van der Waals surface area contributed by atoms with Crippen molar-refractivity contribution in [3.63, 3.8) is 0 Å². The van der Waals surface area contributed by atoms with Crippen molar-refractivity contribution in [3.8, 4) is 5.75 Å². The number of benzene rings is 3. The van der Waals surface area contributed by atoms with Gasteiger partial charge in [0.05, 0.1) is 11.6 Å². The van der Waals surface area contributed by atoms with Crippen LogP contribution in [0.3, 0.4) is 0 Å². The highest BCUT2D eigenvalue weighted by Gasteiger charge is 2.24. The van der Waals surface area contributed by atoms with Crippen LogP contribution in [0.25, 0.3) is 0 Å². The molecule has 1 aliphatic carbocycles. The maximum absolute atomic E-state index is 12.0. The summed E-state index contributed by atoms with van der Waals surface area (Å²) in [5.41, 5.74) is 5.64. The number of ether oxygens (including phenoxy) is 1. The molecule has 3 aromatic carbocycles. The van der Waals surface area contributed by atoms with E-state index in [1.54, 1.807) is 0 Å². The number of rotatable bonds is 9. The van der Waals surface area contributed by atoms with Gasteiger partial charge in [0, 0.05) is 11.9 Å². The average Bonchev–Trinajstić information content (AvgIpc) is 3.36. The number of H-pyrrole nitrogens is 1. The van der Waals surface area contributed by atoms with Crippen molar-refractivity contribution in [1.82, 2.24) is 9.97 Å². The Balaban J connectivity index is 1.32. The van der Waals surface area contributed by atoms with Gasteiger partial charge in [-0.05, 0) is 54.0 Å². The third-order valence-electron chi connectivity index (χ3n) is 6.40. The minimum absolute atomic E-state index is 0.00892. The van der Waals surface area contributed by atoms with Crippen LogP contribution in [0.15, 0.2) is 90.2 Å². The molecule has 35 heavy (non-hydrogen) atoms. The molecule has 0 fully saturated rings. The molecule has 1 aromatic heterocycles. The van der Waals surface area contributed by atoms with E-state index in [1.807, 2.05) is 54.7 Å². The molecule has 2 N–H and O–H groups in total. The van der Waals surface area contributed by atoms with Crippen LogP contribution in [0.2, 0.25) is 0 Å². The van der Waals surface area contributed by atoms with E-state index < -0.39 is 12.1 Å². The van der Waals surface area contributed by atoms with E-state index in [2.05, 4.69) is 35.3 Å². The Morgan fingerprint density at radius 1 is 0.943 bits per heavy atom. The lowest BCUT2D eigenvalue weighted by atomic mass is 9.89. The van der Waals surface area contributed by atoms with Gasteiger partial charge in [0.2, 0.25) is 6.10 Å². The van der Waals surface area contributed by atoms with E-state index >= 15 is 0 Å². The molecule has 0 radical (unpaired) electrons. The third kappa shape index (κ3) is 5.43. The zero-order valence-electron chi connectivity index (χ0n) is 19.4. The van der Waals surface area contributed by atoms with Gasteiger partial charge in [0.25, 0.3) is 0 Å². The molecule has 0 bridgehead atoms. The van der Waals surface area contributed by atoms with Crippen molar-refractivity contribution in [3.05, 3.63) is 113 Å². The van der Waals surface area contributed by atoms with Crippen LogP contribution < -0.4 is 4.74 Å². The van der Waals surface area contributed by atoms with E-state index in [-0.39, 0.29) is 11.7 Å². The zero-order chi connectivity index (χ0) is 24.0. The summed E-state index contributed by atoms with van der Waals surface area (Å²) in [5.74, 6) is -0.0223. The first-order valence-corrected chi connectivity index (χ1v) is 13.0.